The summed E-state index contributed by atoms with van der Waals surface area (Å²) >= 11 is 0. The highest BCUT2D eigenvalue weighted by molar-refractivity contribution is 5.32. The van der Waals surface area contributed by atoms with E-state index < -0.39 is 11.6 Å². The van der Waals surface area contributed by atoms with Crippen LogP contribution in [0.3, 0.4) is 0 Å². The van der Waals surface area contributed by atoms with E-state index in [0.29, 0.717) is 23.5 Å². The molecular weight excluding hydrogens is 266 g/mol. The van der Waals surface area contributed by atoms with E-state index in [1.165, 1.54) is 0 Å². The zero-order chi connectivity index (χ0) is 15.2. The van der Waals surface area contributed by atoms with E-state index in [-0.39, 0.29) is 5.92 Å². The highest BCUT2D eigenvalue weighted by Crippen LogP contribution is 2.34. The molecule has 0 amide bonds. The van der Waals surface area contributed by atoms with Crippen molar-refractivity contribution < 1.29 is 8.78 Å². The molecule has 0 aromatic heterocycles. The van der Waals surface area contributed by atoms with E-state index in [9.17, 15) is 8.78 Å². The molecule has 0 bridgehead atoms. The molecule has 0 heterocycles. The van der Waals surface area contributed by atoms with Crippen molar-refractivity contribution in [2.45, 2.75) is 51.4 Å². The lowest BCUT2D eigenvalue weighted by Crippen LogP contribution is -2.10. The van der Waals surface area contributed by atoms with Crippen LogP contribution in [0, 0.1) is 17.6 Å². The van der Waals surface area contributed by atoms with Crippen LogP contribution in [0.15, 0.2) is 36.9 Å². The van der Waals surface area contributed by atoms with E-state index in [1.54, 1.807) is 12.1 Å². The van der Waals surface area contributed by atoms with E-state index in [1.807, 2.05) is 13.0 Å². The minimum atomic E-state index is -0.656. The molecule has 0 spiro atoms. The molecule has 2 heteroatoms. The lowest BCUT2D eigenvalue weighted by atomic mass is 9.82. The smallest absolute Gasteiger partial charge is 0.162 e. The van der Waals surface area contributed by atoms with Gasteiger partial charge in [-0.3, -0.25) is 0 Å². The maximum Gasteiger partial charge on any atom is 0.162 e. The van der Waals surface area contributed by atoms with Crippen LogP contribution in [0.2, 0.25) is 0 Å². The third-order valence-electron chi connectivity index (χ3n) is 4.32. The molecule has 2 atom stereocenters. The van der Waals surface area contributed by atoms with Gasteiger partial charge in [0, 0.05) is 5.92 Å². The summed E-state index contributed by atoms with van der Waals surface area (Å²) in [6, 6.07) is 3.51. The second-order valence-corrected chi connectivity index (χ2v) is 5.89. The number of aryl methyl sites for hydroxylation is 1. The summed E-state index contributed by atoms with van der Waals surface area (Å²) in [6.45, 7) is 5.71. The molecule has 0 radical (unpaired) electrons. The van der Waals surface area contributed by atoms with E-state index in [0.717, 1.165) is 32.1 Å². The molecule has 21 heavy (non-hydrogen) atoms. The fourth-order valence-corrected chi connectivity index (χ4v) is 3.06. The summed E-state index contributed by atoms with van der Waals surface area (Å²) in [5.74, 6) is -0.752. The first-order valence-electron chi connectivity index (χ1n) is 7.93. The van der Waals surface area contributed by atoms with Gasteiger partial charge in [0.1, 0.15) is 0 Å². The molecule has 1 aromatic carbocycles. The molecule has 1 aliphatic rings. The minimum Gasteiger partial charge on any atom is -0.203 e. The van der Waals surface area contributed by atoms with Crippen LogP contribution < -0.4 is 0 Å². The maximum absolute atomic E-state index is 14.2. The van der Waals surface area contributed by atoms with Crippen LogP contribution in [0.5, 0.6) is 0 Å². The van der Waals surface area contributed by atoms with E-state index in [2.05, 4.69) is 18.7 Å². The third kappa shape index (κ3) is 3.81. The zero-order valence-electron chi connectivity index (χ0n) is 12.7. The van der Waals surface area contributed by atoms with Crippen LogP contribution in [0.1, 0.15) is 56.1 Å². The summed E-state index contributed by atoms with van der Waals surface area (Å²) in [5, 5.41) is 0. The number of hydrogen-bond donors (Lipinski definition) is 0. The summed E-state index contributed by atoms with van der Waals surface area (Å²) in [4.78, 5) is 0. The predicted octanol–water partition coefficient (Wildman–Crippen LogP) is 5.93. The quantitative estimate of drug-likeness (QED) is 0.569. The van der Waals surface area contributed by atoms with Crippen molar-refractivity contribution >= 4 is 0 Å². The third-order valence-corrected chi connectivity index (χ3v) is 4.32. The Balaban J connectivity index is 2.13. The van der Waals surface area contributed by atoms with Gasteiger partial charge in [0.05, 0.1) is 0 Å². The van der Waals surface area contributed by atoms with Crippen LogP contribution in [0.4, 0.5) is 8.78 Å². The first-order chi connectivity index (χ1) is 10.2. The largest absolute Gasteiger partial charge is 0.203 e. The summed E-state index contributed by atoms with van der Waals surface area (Å²) < 4.78 is 28.3. The molecule has 2 rings (SSSR count). The second-order valence-electron chi connectivity index (χ2n) is 5.89. The van der Waals surface area contributed by atoms with Gasteiger partial charge in [-0.1, -0.05) is 43.7 Å². The first-order valence-corrected chi connectivity index (χ1v) is 7.93. The normalized spacial score (nSPS) is 21.5. The van der Waals surface area contributed by atoms with Crippen LogP contribution in [0.25, 0.3) is 0 Å². The van der Waals surface area contributed by atoms with Crippen LogP contribution >= 0.6 is 0 Å². The van der Waals surface area contributed by atoms with Gasteiger partial charge in [-0.05, 0) is 49.1 Å². The topological polar surface area (TPSA) is 0 Å². The van der Waals surface area contributed by atoms with Gasteiger partial charge in [-0.15, -0.1) is 6.58 Å². The van der Waals surface area contributed by atoms with E-state index >= 15 is 0 Å². The Morgan fingerprint density at radius 1 is 1.19 bits per heavy atom. The Labute approximate surface area is 126 Å². The highest BCUT2D eigenvalue weighted by atomic mass is 19.2. The monoisotopic (exact) mass is 290 g/mol. The first kappa shape index (κ1) is 15.9. The SMILES string of the molecule is C=CCCC1C=CC(c2ccc(CCC)c(F)c2F)CC1. The zero-order valence-corrected chi connectivity index (χ0v) is 12.7. The Kier molecular flexibility index (Phi) is 5.72. The molecule has 1 aromatic rings. The van der Waals surface area contributed by atoms with Gasteiger partial charge in [-0.25, -0.2) is 8.78 Å². The van der Waals surface area contributed by atoms with Crippen LogP contribution in [-0.4, -0.2) is 0 Å². The maximum atomic E-state index is 14.2. The average Bonchev–Trinajstić information content (AvgIpc) is 2.51. The fourth-order valence-electron chi connectivity index (χ4n) is 3.06. The lowest BCUT2D eigenvalue weighted by Gasteiger charge is -2.23. The van der Waals surface area contributed by atoms with Gasteiger partial charge in [0.25, 0.3) is 0 Å². The minimum absolute atomic E-state index is 0.00941. The summed E-state index contributed by atoms with van der Waals surface area (Å²) in [7, 11) is 0. The standard InChI is InChI=1S/C19H24F2/c1-3-5-7-14-8-10-15(11-9-14)17-13-12-16(6-4-2)18(20)19(17)21/h3,8,10,12-15H,1,4-7,9,11H2,2H3. The van der Waals surface area contributed by atoms with Gasteiger partial charge in [0.15, 0.2) is 11.6 Å². The Morgan fingerprint density at radius 2 is 2.00 bits per heavy atom. The van der Waals surface area contributed by atoms with Crippen molar-refractivity contribution in [3.63, 3.8) is 0 Å². The molecule has 1 aliphatic carbocycles. The fraction of sp³-hybridized carbons (Fsp3) is 0.474. The van der Waals surface area contributed by atoms with Crippen molar-refractivity contribution in [3.8, 4) is 0 Å². The second kappa shape index (κ2) is 7.53. The van der Waals surface area contributed by atoms with Crippen LogP contribution in [-0.2, 0) is 6.42 Å². The highest BCUT2D eigenvalue weighted by Gasteiger charge is 2.22. The Morgan fingerprint density at radius 3 is 2.62 bits per heavy atom. The number of halogens is 2. The number of hydrogen-bond acceptors (Lipinski definition) is 0. The summed E-state index contributed by atoms with van der Waals surface area (Å²) in [6.07, 6.45) is 11.6. The molecule has 0 saturated carbocycles. The lowest BCUT2D eigenvalue weighted by molar-refractivity contribution is 0.456. The average molecular weight is 290 g/mol. The predicted molar refractivity (Wildman–Crippen MR) is 84.4 cm³/mol. The van der Waals surface area contributed by atoms with Crippen molar-refractivity contribution in [2.75, 3.05) is 0 Å². The van der Waals surface area contributed by atoms with E-state index in [4.69, 9.17) is 0 Å². The van der Waals surface area contributed by atoms with Gasteiger partial charge >= 0.3 is 0 Å². The molecular formula is C19H24F2. The van der Waals surface area contributed by atoms with Gasteiger partial charge in [0.2, 0.25) is 0 Å². The van der Waals surface area contributed by atoms with Gasteiger partial charge < -0.3 is 0 Å². The molecule has 0 saturated heterocycles. The number of allylic oxidation sites excluding steroid dienone is 3. The molecule has 114 valence electrons. The van der Waals surface area contributed by atoms with Crippen molar-refractivity contribution in [2.24, 2.45) is 5.92 Å². The summed E-state index contributed by atoms with van der Waals surface area (Å²) in [5.41, 5.74) is 0.994. The molecule has 0 nitrogen and oxygen atoms in total. The molecule has 0 aliphatic heterocycles. The van der Waals surface area contributed by atoms with Gasteiger partial charge in [-0.2, -0.15) is 0 Å². The Hall–Kier alpha value is -1.44. The number of rotatable bonds is 6. The Bertz CT molecular complexity index is 517. The van der Waals surface area contributed by atoms with Crippen molar-refractivity contribution in [1.82, 2.24) is 0 Å². The molecule has 2 unspecified atom stereocenters. The number of benzene rings is 1. The molecule has 0 N–H and O–H groups in total. The molecule has 0 fully saturated rings. The van der Waals surface area contributed by atoms with Crippen molar-refractivity contribution in [1.29, 1.82) is 0 Å². The van der Waals surface area contributed by atoms with Crippen molar-refractivity contribution in [3.05, 3.63) is 59.7 Å².